The van der Waals surface area contributed by atoms with Crippen LogP contribution in [0.1, 0.15) is 40.5 Å². The maximum absolute atomic E-state index is 13.8. The Morgan fingerprint density at radius 1 is 1.03 bits per heavy atom. The smallest absolute Gasteiger partial charge is 0.259 e. The SMILES string of the molecule is O=C1CCCC2=C1[C@H](c1cccs1)N(C(=O)c1ccc(F)cc1)c1ccccc1N2. The second-order valence-corrected chi connectivity index (χ2v) is 8.39. The molecule has 0 saturated heterocycles. The Hall–Kier alpha value is -3.25. The number of thiophene rings is 1. The Labute approximate surface area is 177 Å². The summed E-state index contributed by atoms with van der Waals surface area (Å²) in [5.74, 6) is -0.603. The van der Waals surface area contributed by atoms with E-state index in [9.17, 15) is 14.0 Å². The summed E-state index contributed by atoms with van der Waals surface area (Å²) in [7, 11) is 0. The van der Waals surface area contributed by atoms with Crippen LogP contribution in [0.5, 0.6) is 0 Å². The topological polar surface area (TPSA) is 49.4 Å². The first-order valence-corrected chi connectivity index (χ1v) is 10.8. The molecule has 30 heavy (non-hydrogen) atoms. The minimum atomic E-state index is -0.526. The number of nitrogens with one attached hydrogen (secondary N) is 1. The van der Waals surface area contributed by atoms with E-state index in [1.807, 2.05) is 41.8 Å². The average molecular weight is 418 g/mol. The standard InChI is InChI=1S/C24H19FN2O2S/c25-16-12-10-15(11-13-16)24(29)27-19-7-2-1-5-17(19)26-18-6-3-8-20(28)22(18)23(27)21-9-4-14-30-21/h1-2,4-5,7,9-14,23,26H,3,6,8H2/t23-/m0/s1. The van der Waals surface area contributed by atoms with Crippen LogP contribution in [0.25, 0.3) is 0 Å². The van der Waals surface area contributed by atoms with E-state index in [4.69, 9.17) is 0 Å². The summed E-state index contributed by atoms with van der Waals surface area (Å²) in [6.45, 7) is 0. The number of nitrogens with zero attached hydrogens (tertiary/aromatic N) is 1. The molecule has 1 aliphatic carbocycles. The van der Waals surface area contributed by atoms with Gasteiger partial charge in [-0.3, -0.25) is 14.5 Å². The van der Waals surface area contributed by atoms with Gasteiger partial charge in [0.2, 0.25) is 0 Å². The van der Waals surface area contributed by atoms with Crippen LogP contribution >= 0.6 is 11.3 Å². The molecule has 2 aliphatic rings. The maximum Gasteiger partial charge on any atom is 0.259 e. The highest BCUT2D eigenvalue weighted by molar-refractivity contribution is 7.10. The first-order valence-electron chi connectivity index (χ1n) is 9.88. The lowest BCUT2D eigenvalue weighted by Crippen LogP contribution is -2.37. The molecule has 0 unspecified atom stereocenters. The van der Waals surface area contributed by atoms with E-state index in [-0.39, 0.29) is 11.7 Å². The van der Waals surface area contributed by atoms with Crippen LogP contribution in [0.2, 0.25) is 0 Å². The molecule has 0 bridgehead atoms. The van der Waals surface area contributed by atoms with E-state index in [0.29, 0.717) is 23.2 Å². The number of anilines is 2. The van der Waals surface area contributed by atoms with Gasteiger partial charge in [0.05, 0.1) is 11.4 Å². The molecule has 1 aliphatic heterocycles. The number of carbonyl (C=O) groups excluding carboxylic acids is 2. The van der Waals surface area contributed by atoms with Gasteiger partial charge >= 0.3 is 0 Å². The highest BCUT2D eigenvalue weighted by Crippen LogP contribution is 2.46. The van der Waals surface area contributed by atoms with Gasteiger partial charge in [-0.25, -0.2) is 4.39 Å². The summed E-state index contributed by atoms with van der Waals surface area (Å²) < 4.78 is 13.5. The molecule has 4 nitrogen and oxygen atoms in total. The third kappa shape index (κ3) is 3.13. The zero-order valence-electron chi connectivity index (χ0n) is 16.1. The molecule has 150 valence electrons. The first kappa shape index (κ1) is 18.8. The molecule has 6 heteroatoms. The van der Waals surface area contributed by atoms with Crippen LogP contribution in [-0.2, 0) is 4.79 Å². The molecule has 1 N–H and O–H groups in total. The third-order valence-electron chi connectivity index (χ3n) is 5.56. The zero-order valence-corrected chi connectivity index (χ0v) is 16.9. The number of para-hydroxylation sites is 2. The van der Waals surface area contributed by atoms with E-state index >= 15 is 0 Å². The van der Waals surface area contributed by atoms with Gasteiger partial charge in [-0.2, -0.15) is 0 Å². The molecular formula is C24H19FN2O2S. The van der Waals surface area contributed by atoms with Gasteiger partial charge in [-0.05, 0) is 60.7 Å². The van der Waals surface area contributed by atoms with Crippen LogP contribution in [0.15, 0.2) is 77.3 Å². The molecule has 0 saturated carbocycles. The maximum atomic E-state index is 13.8. The molecule has 3 aromatic rings. The highest BCUT2D eigenvalue weighted by Gasteiger charge is 2.40. The van der Waals surface area contributed by atoms with Gasteiger partial charge in [0.15, 0.2) is 5.78 Å². The van der Waals surface area contributed by atoms with Gasteiger partial charge in [0.1, 0.15) is 11.9 Å². The lowest BCUT2D eigenvalue weighted by Gasteiger charge is -2.33. The van der Waals surface area contributed by atoms with E-state index < -0.39 is 11.9 Å². The minimum absolute atomic E-state index is 0.0619. The summed E-state index contributed by atoms with van der Waals surface area (Å²) in [5.41, 5.74) is 3.39. The Kier molecular flexibility index (Phi) is 4.71. The summed E-state index contributed by atoms with van der Waals surface area (Å²) in [5, 5.41) is 5.39. The fourth-order valence-electron chi connectivity index (χ4n) is 4.21. The number of benzene rings is 2. The molecule has 5 rings (SSSR count). The molecule has 1 atom stereocenters. The second-order valence-electron chi connectivity index (χ2n) is 7.41. The van der Waals surface area contributed by atoms with Crippen molar-refractivity contribution in [2.45, 2.75) is 25.3 Å². The van der Waals surface area contributed by atoms with Crippen molar-refractivity contribution in [2.75, 3.05) is 10.2 Å². The van der Waals surface area contributed by atoms with Crippen molar-refractivity contribution >= 4 is 34.4 Å². The molecule has 2 aromatic carbocycles. The second kappa shape index (κ2) is 7.54. The third-order valence-corrected chi connectivity index (χ3v) is 6.48. The molecule has 0 fully saturated rings. The van der Waals surface area contributed by atoms with Crippen LogP contribution in [0, 0.1) is 5.82 Å². The predicted octanol–water partition coefficient (Wildman–Crippen LogP) is 5.71. The van der Waals surface area contributed by atoms with E-state index in [1.54, 1.807) is 4.90 Å². The number of fused-ring (bicyclic) bond motifs is 1. The van der Waals surface area contributed by atoms with E-state index in [1.165, 1.54) is 35.6 Å². The van der Waals surface area contributed by atoms with Crippen LogP contribution < -0.4 is 10.2 Å². The Morgan fingerprint density at radius 3 is 2.60 bits per heavy atom. The first-order chi connectivity index (χ1) is 14.6. The number of amides is 1. The van der Waals surface area contributed by atoms with Gasteiger partial charge in [0.25, 0.3) is 5.91 Å². The number of ketones is 1. The molecule has 1 aromatic heterocycles. The minimum Gasteiger partial charge on any atom is -0.357 e. The predicted molar refractivity (Wildman–Crippen MR) is 116 cm³/mol. The van der Waals surface area contributed by atoms with Gasteiger partial charge in [-0.15, -0.1) is 11.3 Å². The van der Waals surface area contributed by atoms with Crippen molar-refractivity contribution in [3.8, 4) is 0 Å². The number of hydrogen-bond acceptors (Lipinski definition) is 4. The monoisotopic (exact) mass is 418 g/mol. The molecule has 0 radical (unpaired) electrons. The fourth-order valence-corrected chi connectivity index (χ4v) is 5.03. The molecule has 2 heterocycles. The van der Waals surface area contributed by atoms with Crippen molar-refractivity contribution in [1.82, 2.24) is 0 Å². The van der Waals surface area contributed by atoms with Crippen molar-refractivity contribution < 1.29 is 14.0 Å². The average Bonchev–Trinajstić information content (AvgIpc) is 3.23. The quantitative estimate of drug-likeness (QED) is 0.580. The molecule has 1 amide bonds. The fraction of sp³-hybridized carbons (Fsp3) is 0.167. The van der Waals surface area contributed by atoms with Gasteiger partial charge in [-0.1, -0.05) is 18.2 Å². The Morgan fingerprint density at radius 2 is 1.83 bits per heavy atom. The van der Waals surface area contributed by atoms with E-state index in [0.717, 1.165) is 29.1 Å². The van der Waals surface area contributed by atoms with Gasteiger partial charge in [0, 0.05) is 28.1 Å². The van der Waals surface area contributed by atoms with Gasteiger partial charge < -0.3 is 5.32 Å². The van der Waals surface area contributed by atoms with Crippen LogP contribution in [0.4, 0.5) is 15.8 Å². The number of halogens is 1. The van der Waals surface area contributed by atoms with Crippen molar-refractivity contribution in [2.24, 2.45) is 0 Å². The summed E-state index contributed by atoms with van der Waals surface area (Å²) in [4.78, 5) is 29.5. The molecular weight excluding hydrogens is 399 g/mol. The number of Topliss-reactive ketones (excluding diaryl/α,β-unsaturated/α-hetero) is 1. The Balaban J connectivity index is 1.76. The lowest BCUT2D eigenvalue weighted by atomic mass is 9.88. The number of hydrogen-bond donors (Lipinski definition) is 1. The zero-order chi connectivity index (χ0) is 20.7. The summed E-state index contributed by atoms with van der Waals surface area (Å²) in [6, 6.07) is 16.5. The number of allylic oxidation sites excluding steroid dienone is 1. The largest absolute Gasteiger partial charge is 0.357 e. The van der Waals surface area contributed by atoms with Crippen molar-refractivity contribution in [3.05, 3.63) is 93.6 Å². The Bertz CT molecular complexity index is 1150. The van der Waals surface area contributed by atoms with Crippen LogP contribution in [-0.4, -0.2) is 11.7 Å². The van der Waals surface area contributed by atoms with Crippen LogP contribution in [0.3, 0.4) is 0 Å². The van der Waals surface area contributed by atoms with Crippen molar-refractivity contribution in [1.29, 1.82) is 0 Å². The highest BCUT2D eigenvalue weighted by atomic mass is 32.1. The number of carbonyl (C=O) groups is 2. The summed E-state index contributed by atoms with van der Waals surface area (Å²) in [6.07, 6.45) is 2.02. The normalized spacial score (nSPS) is 18.4. The number of rotatable bonds is 2. The van der Waals surface area contributed by atoms with Crippen molar-refractivity contribution in [3.63, 3.8) is 0 Å². The lowest BCUT2D eigenvalue weighted by molar-refractivity contribution is -0.116. The molecule has 0 spiro atoms. The summed E-state index contributed by atoms with van der Waals surface area (Å²) >= 11 is 1.52. The van der Waals surface area contributed by atoms with E-state index in [2.05, 4.69) is 5.32 Å².